The van der Waals surface area contributed by atoms with Crippen molar-refractivity contribution in [3.63, 3.8) is 0 Å². The SMILES string of the molecule is Cc1nn(C)c(NC(=O)Nc2cccc(C#N)c2)c1N. The molecule has 0 fully saturated rings. The molecule has 0 spiro atoms. The second kappa shape index (κ2) is 5.32. The Morgan fingerprint density at radius 2 is 2.20 bits per heavy atom. The largest absolute Gasteiger partial charge is 0.394 e. The molecule has 0 atom stereocenters. The molecule has 2 aromatic rings. The molecular formula is C13H14N6O. The lowest BCUT2D eigenvalue weighted by molar-refractivity contribution is 0.262. The van der Waals surface area contributed by atoms with E-state index in [0.717, 1.165) is 0 Å². The van der Waals surface area contributed by atoms with Crippen LogP contribution < -0.4 is 16.4 Å². The Labute approximate surface area is 116 Å². The quantitative estimate of drug-likeness (QED) is 0.773. The third kappa shape index (κ3) is 2.70. The number of carbonyl (C=O) groups excluding carboxylic acids is 1. The second-order valence-electron chi connectivity index (χ2n) is 4.24. The predicted molar refractivity (Wildman–Crippen MR) is 76.2 cm³/mol. The average molecular weight is 270 g/mol. The number of nitrogens with zero attached hydrogens (tertiary/aromatic N) is 3. The van der Waals surface area contributed by atoms with E-state index in [0.29, 0.717) is 28.5 Å². The highest BCUT2D eigenvalue weighted by Crippen LogP contribution is 2.21. The molecule has 0 radical (unpaired) electrons. The maximum Gasteiger partial charge on any atom is 0.324 e. The first-order valence-corrected chi connectivity index (χ1v) is 5.88. The molecule has 20 heavy (non-hydrogen) atoms. The molecular weight excluding hydrogens is 256 g/mol. The van der Waals surface area contributed by atoms with E-state index in [1.165, 1.54) is 4.68 Å². The summed E-state index contributed by atoms with van der Waals surface area (Å²) in [4.78, 5) is 11.9. The van der Waals surface area contributed by atoms with Gasteiger partial charge in [-0.1, -0.05) is 6.07 Å². The van der Waals surface area contributed by atoms with Gasteiger partial charge in [-0.3, -0.25) is 10.00 Å². The lowest BCUT2D eigenvalue weighted by Crippen LogP contribution is -2.21. The van der Waals surface area contributed by atoms with Crippen LogP contribution in [0.2, 0.25) is 0 Å². The molecule has 7 heteroatoms. The first-order valence-electron chi connectivity index (χ1n) is 5.88. The molecule has 4 N–H and O–H groups in total. The number of hydrogen-bond donors (Lipinski definition) is 3. The number of nitrogens with one attached hydrogen (secondary N) is 2. The van der Waals surface area contributed by atoms with Crippen LogP contribution in [0.5, 0.6) is 0 Å². The normalized spacial score (nSPS) is 9.85. The van der Waals surface area contributed by atoms with Gasteiger partial charge >= 0.3 is 6.03 Å². The molecule has 2 amide bonds. The van der Waals surface area contributed by atoms with Gasteiger partial charge in [0.15, 0.2) is 5.82 Å². The van der Waals surface area contributed by atoms with Gasteiger partial charge < -0.3 is 11.1 Å². The van der Waals surface area contributed by atoms with Crippen LogP contribution in [0, 0.1) is 18.3 Å². The second-order valence-corrected chi connectivity index (χ2v) is 4.24. The third-order valence-electron chi connectivity index (χ3n) is 2.75. The number of carbonyl (C=O) groups is 1. The molecule has 1 heterocycles. The highest BCUT2D eigenvalue weighted by atomic mass is 16.2. The van der Waals surface area contributed by atoms with Gasteiger partial charge in [0.25, 0.3) is 0 Å². The van der Waals surface area contributed by atoms with Crippen molar-refractivity contribution in [2.45, 2.75) is 6.92 Å². The van der Waals surface area contributed by atoms with Crippen molar-refractivity contribution in [2.24, 2.45) is 7.05 Å². The van der Waals surface area contributed by atoms with Gasteiger partial charge in [-0.2, -0.15) is 10.4 Å². The number of benzene rings is 1. The number of nitrogen functional groups attached to an aromatic ring is 1. The maximum absolute atomic E-state index is 11.9. The van der Waals surface area contributed by atoms with Crippen LogP contribution in [0.3, 0.4) is 0 Å². The molecule has 2 rings (SSSR count). The number of anilines is 3. The molecule has 0 saturated heterocycles. The summed E-state index contributed by atoms with van der Waals surface area (Å²) in [6.07, 6.45) is 0. The molecule has 0 saturated carbocycles. The fourth-order valence-corrected chi connectivity index (χ4v) is 1.76. The highest BCUT2D eigenvalue weighted by molar-refractivity contribution is 6.01. The molecule has 1 aromatic heterocycles. The zero-order valence-electron chi connectivity index (χ0n) is 11.1. The van der Waals surface area contributed by atoms with Gasteiger partial charge in [0.2, 0.25) is 0 Å². The number of aryl methyl sites for hydroxylation is 2. The molecule has 0 aliphatic rings. The van der Waals surface area contributed by atoms with E-state index in [9.17, 15) is 4.79 Å². The molecule has 0 bridgehead atoms. The van der Waals surface area contributed by atoms with Crippen molar-refractivity contribution >= 4 is 23.2 Å². The van der Waals surface area contributed by atoms with Crippen LogP contribution in [-0.2, 0) is 7.05 Å². The first-order chi connectivity index (χ1) is 9.51. The van der Waals surface area contributed by atoms with Crippen molar-refractivity contribution < 1.29 is 4.79 Å². The van der Waals surface area contributed by atoms with E-state index in [-0.39, 0.29) is 0 Å². The van der Waals surface area contributed by atoms with Gasteiger partial charge in [-0.15, -0.1) is 0 Å². The lowest BCUT2D eigenvalue weighted by atomic mass is 10.2. The Kier molecular flexibility index (Phi) is 3.57. The van der Waals surface area contributed by atoms with Crippen LogP contribution in [-0.4, -0.2) is 15.8 Å². The molecule has 0 aliphatic heterocycles. The van der Waals surface area contributed by atoms with Gasteiger partial charge in [0.1, 0.15) is 0 Å². The Morgan fingerprint density at radius 3 is 2.80 bits per heavy atom. The molecule has 102 valence electrons. The standard InChI is InChI=1S/C13H14N6O/c1-8-11(15)12(19(2)18-8)17-13(20)16-10-5-3-4-9(6-10)7-14/h3-6H,15H2,1-2H3,(H2,16,17,20). The summed E-state index contributed by atoms with van der Waals surface area (Å²) in [5, 5.41) is 18.2. The van der Waals surface area contributed by atoms with E-state index >= 15 is 0 Å². The zero-order valence-corrected chi connectivity index (χ0v) is 11.1. The van der Waals surface area contributed by atoms with Gasteiger partial charge in [0, 0.05) is 12.7 Å². The van der Waals surface area contributed by atoms with E-state index in [2.05, 4.69) is 15.7 Å². The molecule has 0 aliphatic carbocycles. The number of aromatic nitrogens is 2. The summed E-state index contributed by atoms with van der Waals surface area (Å²) in [6, 6.07) is 8.18. The van der Waals surface area contributed by atoms with E-state index in [4.69, 9.17) is 11.0 Å². The van der Waals surface area contributed by atoms with Crippen LogP contribution in [0.4, 0.5) is 22.0 Å². The fourth-order valence-electron chi connectivity index (χ4n) is 1.76. The first kappa shape index (κ1) is 13.4. The average Bonchev–Trinajstić information content (AvgIpc) is 2.65. The molecule has 7 nitrogen and oxygen atoms in total. The summed E-state index contributed by atoms with van der Waals surface area (Å²) in [7, 11) is 1.69. The number of hydrogen-bond acceptors (Lipinski definition) is 4. The summed E-state index contributed by atoms with van der Waals surface area (Å²) in [5.41, 5.74) is 7.89. The molecule has 0 unspecified atom stereocenters. The monoisotopic (exact) mass is 270 g/mol. The van der Waals surface area contributed by atoms with Crippen molar-refractivity contribution in [2.75, 3.05) is 16.4 Å². The number of urea groups is 1. The van der Waals surface area contributed by atoms with Crippen LogP contribution in [0.1, 0.15) is 11.3 Å². The Morgan fingerprint density at radius 1 is 1.45 bits per heavy atom. The topological polar surface area (TPSA) is 109 Å². The van der Waals surface area contributed by atoms with Crippen LogP contribution >= 0.6 is 0 Å². The Bertz CT molecular complexity index is 697. The summed E-state index contributed by atoms with van der Waals surface area (Å²) in [6.45, 7) is 1.76. The summed E-state index contributed by atoms with van der Waals surface area (Å²) in [5.74, 6) is 0.427. The van der Waals surface area contributed by atoms with Crippen molar-refractivity contribution in [1.82, 2.24) is 9.78 Å². The summed E-state index contributed by atoms with van der Waals surface area (Å²) >= 11 is 0. The van der Waals surface area contributed by atoms with E-state index in [1.807, 2.05) is 6.07 Å². The van der Waals surface area contributed by atoms with Crippen molar-refractivity contribution in [3.8, 4) is 6.07 Å². The van der Waals surface area contributed by atoms with E-state index < -0.39 is 6.03 Å². The minimum absolute atomic E-state index is 0.424. The number of nitrogens with two attached hydrogens (primary N) is 1. The van der Waals surface area contributed by atoms with Gasteiger partial charge in [-0.25, -0.2) is 4.79 Å². The lowest BCUT2D eigenvalue weighted by Gasteiger charge is -2.08. The fraction of sp³-hybridized carbons (Fsp3) is 0.154. The smallest absolute Gasteiger partial charge is 0.324 e. The summed E-state index contributed by atoms with van der Waals surface area (Å²) < 4.78 is 1.50. The minimum atomic E-state index is -0.449. The van der Waals surface area contributed by atoms with Gasteiger partial charge in [-0.05, 0) is 25.1 Å². The number of amides is 2. The minimum Gasteiger partial charge on any atom is -0.394 e. The molecule has 1 aromatic carbocycles. The Balaban J connectivity index is 2.11. The zero-order chi connectivity index (χ0) is 14.7. The van der Waals surface area contributed by atoms with E-state index in [1.54, 1.807) is 38.2 Å². The Hall–Kier alpha value is -3.01. The number of rotatable bonds is 2. The maximum atomic E-state index is 11.9. The van der Waals surface area contributed by atoms with Crippen LogP contribution in [0.15, 0.2) is 24.3 Å². The highest BCUT2D eigenvalue weighted by Gasteiger charge is 2.12. The van der Waals surface area contributed by atoms with Crippen LogP contribution in [0.25, 0.3) is 0 Å². The van der Waals surface area contributed by atoms with Gasteiger partial charge in [0.05, 0.1) is 23.0 Å². The third-order valence-corrected chi connectivity index (χ3v) is 2.75. The predicted octanol–water partition coefficient (Wildman–Crippen LogP) is 1.83. The number of nitriles is 1. The van der Waals surface area contributed by atoms with Crippen molar-refractivity contribution in [3.05, 3.63) is 35.5 Å². The van der Waals surface area contributed by atoms with Crippen molar-refractivity contribution in [1.29, 1.82) is 5.26 Å².